The number of carbonyl (C=O) groups excluding carboxylic acids is 1. The third-order valence-corrected chi connectivity index (χ3v) is 9.18. The lowest BCUT2D eigenvalue weighted by Gasteiger charge is -2.42. The van der Waals surface area contributed by atoms with E-state index in [9.17, 15) is 18.8 Å². The molecule has 230 valence electrons. The van der Waals surface area contributed by atoms with Gasteiger partial charge in [-0.05, 0) is 57.3 Å². The van der Waals surface area contributed by atoms with E-state index in [4.69, 9.17) is 9.72 Å². The Kier molecular flexibility index (Phi) is 8.12. The SMILES string of the molecule is C=C(F)C(=O)N1CCN(c2c(C#N)c(OCC3CCCN3C)nc3c2CCN(c2cccc4ccc(F)c(F)c24)C3)CC1C. The number of aromatic nitrogens is 1. The number of carbonyl (C=O) groups is 1. The number of piperazine rings is 1. The first kappa shape index (κ1) is 29.8. The second kappa shape index (κ2) is 12.0. The molecule has 1 aromatic heterocycles. The average molecular weight is 605 g/mol. The molecule has 2 atom stereocenters. The molecule has 6 rings (SSSR count). The van der Waals surface area contributed by atoms with E-state index in [2.05, 4.69) is 29.5 Å². The standard InChI is InChI=1S/C33H35F3N6O2/c1-20-17-41(14-15-42(20)33(43)21(2)34)31-24-11-13-40(28-8-4-6-22-9-10-26(35)30(36)29(22)28)18-27(24)38-32(25(31)16-37)44-19-23-7-5-12-39(23)3/h4,6,8-10,20,23H,2,5,7,11-15,17-19H2,1,3H3. The van der Waals surface area contributed by atoms with Crippen LogP contribution >= 0.6 is 0 Å². The molecule has 44 heavy (non-hydrogen) atoms. The number of hydrogen-bond donors (Lipinski definition) is 0. The summed E-state index contributed by atoms with van der Waals surface area (Å²) in [5.74, 6) is -3.28. The maximum absolute atomic E-state index is 15.1. The monoisotopic (exact) mass is 604 g/mol. The molecule has 3 aromatic rings. The molecule has 0 saturated carbocycles. The number of pyridine rings is 1. The van der Waals surface area contributed by atoms with Crippen LogP contribution in [0.2, 0.25) is 0 Å². The molecule has 0 aliphatic carbocycles. The van der Waals surface area contributed by atoms with E-state index >= 15 is 4.39 Å². The van der Waals surface area contributed by atoms with Gasteiger partial charge in [-0.3, -0.25) is 4.79 Å². The Labute approximate surface area is 254 Å². The number of likely N-dealkylation sites (N-methyl/N-ethyl adjacent to an activating group) is 1. The van der Waals surface area contributed by atoms with Crippen molar-refractivity contribution in [2.24, 2.45) is 0 Å². The van der Waals surface area contributed by atoms with E-state index in [1.807, 2.05) is 17.9 Å². The van der Waals surface area contributed by atoms with Crippen molar-refractivity contribution in [3.05, 3.63) is 71.2 Å². The van der Waals surface area contributed by atoms with Crippen molar-refractivity contribution in [1.29, 1.82) is 5.26 Å². The number of ether oxygens (including phenoxy) is 1. The Hall–Kier alpha value is -4.30. The zero-order chi connectivity index (χ0) is 31.1. The highest BCUT2D eigenvalue weighted by Gasteiger charge is 2.35. The van der Waals surface area contributed by atoms with Crippen LogP contribution in [0.3, 0.4) is 0 Å². The van der Waals surface area contributed by atoms with E-state index in [0.29, 0.717) is 67.2 Å². The maximum atomic E-state index is 15.1. The van der Waals surface area contributed by atoms with Crippen molar-refractivity contribution >= 4 is 28.1 Å². The van der Waals surface area contributed by atoms with Crippen LogP contribution in [0.25, 0.3) is 10.8 Å². The summed E-state index contributed by atoms with van der Waals surface area (Å²) in [7, 11) is 2.05. The van der Waals surface area contributed by atoms with Gasteiger partial charge in [0, 0.05) is 54.9 Å². The fourth-order valence-corrected chi connectivity index (χ4v) is 6.83. The number of rotatable bonds is 6. The number of fused-ring (bicyclic) bond motifs is 2. The van der Waals surface area contributed by atoms with Crippen LogP contribution in [-0.4, -0.2) is 79.2 Å². The van der Waals surface area contributed by atoms with Crippen molar-refractivity contribution < 1.29 is 22.7 Å². The van der Waals surface area contributed by atoms with Gasteiger partial charge in [0.2, 0.25) is 5.88 Å². The average Bonchev–Trinajstić information content (AvgIpc) is 3.44. The quantitative estimate of drug-likeness (QED) is 0.369. The van der Waals surface area contributed by atoms with Crippen LogP contribution in [0.15, 0.2) is 42.7 Å². The molecule has 0 N–H and O–H groups in total. The van der Waals surface area contributed by atoms with Crippen molar-refractivity contribution in [3.8, 4) is 11.9 Å². The summed E-state index contributed by atoms with van der Waals surface area (Å²) in [5.41, 5.74) is 3.19. The predicted molar refractivity (Wildman–Crippen MR) is 162 cm³/mol. The molecule has 0 spiro atoms. The highest BCUT2D eigenvalue weighted by molar-refractivity contribution is 5.95. The molecule has 3 aliphatic heterocycles. The molecule has 2 fully saturated rings. The first-order valence-corrected chi connectivity index (χ1v) is 15.0. The van der Waals surface area contributed by atoms with Gasteiger partial charge in [-0.2, -0.15) is 5.26 Å². The molecule has 0 bridgehead atoms. The lowest BCUT2D eigenvalue weighted by Crippen LogP contribution is -2.54. The zero-order valence-electron chi connectivity index (χ0n) is 25.0. The van der Waals surface area contributed by atoms with Gasteiger partial charge in [0.15, 0.2) is 17.5 Å². The van der Waals surface area contributed by atoms with Crippen molar-refractivity contribution in [2.75, 3.05) is 56.2 Å². The van der Waals surface area contributed by atoms with Gasteiger partial charge in [-0.1, -0.05) is 24.8 Å². The summed E-state index contributed by atoms with van der Waals surface area (Å²) in [6, 6.07) is 10.3. The Balaban J connectivity index is 1.39. The summed E-state index contributed by atoms with van der Waals surface area (Å²) >= 11 is 0. The van der Waals surface area contributed by atoms with E-state index in [1.54, 1.807) is 18.2 Å². The van der Waals surface area contributed by atoms with Crippen LogP contribution in [0.4, 0.5) is 24.5 Å². The highest BCUT2D eigenvalue weighted by atomic mass is 19.2. The van der Waals surface area contributed by atoms with E-state index in [1.165, 1.54) is 4.90 Å². The number of amides is 1. The minimum atomic E-state index is -0.998. The first-order chi connectivity index (χ1) is 21.2. The third-order valence-electron chi connectivity index (χ3n) is 9.18. The molecule has 4 heterocycles. The van der Waals surface area contributed by atoms with E-state index < -0.39 is 23.4 Å². The topological polar surface area (TPSA) is 75.9 Å². The molecular formula is C33H35F3N6O2. The summed E-state index contributed by atoms with van der Waals surface area (Å²) in [5, 5.41) is 11.3. The molecule has 3 aliphatic rings. The van der Waals surface area contributed by atoms with Crippen LogP contribution in [0, 0.1) is 23.0 Å². The second-order valence-electron chi connectivity index (χ2n) is 11.9. The molecule has 2 saturated heterocycles. The number of anilines is 2. The molecule has 1 amide bonds. The maximum Gasteiger partial charge on any atom is 0.282 e. The lowest BCUT2D eigenvalue weighted by atomic mass is 9.96. The normalized spacial score (nSPS) is 20.5. The molecular weight excluding hydrogens is 569 g/mol. The van der Waals surface area contributed by atoms with Gasteiger partial charge >= 0.3 is 0 Å². The summed E-state index contributed by atoms with van der Waals surface area (Å²) in [6.45, 7) is 8.19. The van der Waals surface area contributed by atoms with E-state index in [-0.39, 0.29) is 29.9 Å². The third kappa shape index (κ3) is 5.32. The number of likely N-dealkylation sites (tertiary alicyclic amines) is 1. The van der Waals surface area contributed by atoms with Gasteiger partial charge < -0.3 is 24.3 Å². The summed E-state index contributed by atoms with van der Waals surface area (Å²) in [6.07, 6.45) is 2.56. The van der Waals surface area contributed by atoms with E-state index in [0.717, 1.165) is 31.0 Å². The Morgan fingerprint density at radius 1 is 1.16 bits per heavy atom. The zero-order valence-corrected chi connectivity index (χ0v) is 25.0. The summed E-state index contributed by atoms with van der Waals surface area (Å²) in [4.78, 5) is 25.0. The second-order valence-corrected chi connectivity index (χ2v) is 11.9. The van der Waals surface area contributed by atoms with Gasteiger partial charge in [-0.15, -0.1) is 0 Å². The smallest absolute Gasteiger partial charge is 0.282 e. The van der Waals surface area contributed by atoms with Crippen molar-refractivity contribution in [2.45, 2.75) is 44.8 Å². The van der Waals surface area contributed by atoms with Crippen molar-refractivity contribution in [3.63, 3.8) is 0 Å². The van der Waals surface area contributed by atoms with Crippen LogP contribution in [0.1, 0.15) is 36.6 Å². The summed E-state index contributed by atoms with van der Waals surface area (Å²) < 4.78 is 49.4. The Morgan fingerprint density at radius 3 is 2.68 bits per heavy atom. The fourth-order valence-electron chi connectivity index (χ4n) is 6.83. The Morgan fingerprint density at radius 2 is 1.98 bits per heavy atom. The molecule has 2 unspecified atom stereocenters. The van der Waals surface area contributed by atoms with Gasteiger partial charge in [0.25, 0.3) is 5.91 Å². The Bertz CT molecular complexity index is 1670. The molecule has 0 radical (unpaired) electrons. The number of hydrogen-bond acceptors (Lipinski definition) is 7. The van der Waals surface area contributed by atoms with Gasteiger partial charge in [0.05, 0.1) is 17.9 Å². The fraction of sp³-hybridized carbons (Fsp3) is 0.424. The number of nitrogens with zero attached hydrogens (tertiary/aromatic N) is 6. The number of benzene rings is 2. The molecule has 8 nitrogen and oxygen atoms in total. The first-order valence-electron chi connectivity index (χ1n) is 15.0. The predicted octanol–water partition coefficient (Wildman–Crippen LogP) is 4.94. The number of halogens is 3. The van der Waals surface area contributed by atoms with Crippen LogP contribution < -0.4 is 14.5 Å². The largest absolute Gasteiger partial charge is 0.475 e. The number of nitriles is 1. The van der Waals surface area contributed by atoms with Gasteiger partial charge in [-0.25, -0.2) is 18.2 Å². The molecule has 11 heteroatoms. The van der Waals surface area contributed by atoms with Crippen molar-refractivity contribution in [1.82, 2.24) is 14.8 Å². The highest BCUT2D eigenvalue weighted by Crippen LogP contribution is 2.40. The lowest BCUT2D eigenvalue weighted by molar-refractivity contribution is -0.131. The van der Waals surface area contributed by atoms with Crippen LogP contribution in [-0.2, 0) is 17.8 Å². The minimum absolute atomic E-state index is 0.205. The van der Waals surface area contributed by atoms with Gasteiger partial charge in [0.1, 0.15) is 18.2 Å². The van der Waals surface area contributed by atoms with Crippen LogP contribution in [0.5, 0.6) is 5.88 Å². The minimum Gasteiger partial charge on any atom is -0.475 e. The molecule has 2 aromatic carbocycles.